The van der Waals surface area contributed by atoms with Crippen LogP contribution < -0.4 is 15.4 Å². The summed E-state index contributed by atoms with van der Waals surface area (Å²) in [5, 5.41) is 6.27. The van der Waals surface area contributed by atoms with Crippen LogP contribution in [0.1, 0.15) is 26.3 Å². The molecule has 0 aliphatic rings. The zero-order valence-electron chi connectivity index (χ0n) is 13.4. The lowest BCUT2D eigenvalue weighted by Crippen LogP contribution is -2.40. The summed E-state index contributed by atoms with van der Waals surface area (Å²) < 4.78 is 41.1. The molecule has 1 aromatic carbocycles. The molecule has 0 saturated carbocycles. The molecule has 0 heterocycles. The van der Waals surface area contributed by atoms with Crippen molar-refractivity contribution in [2.75, 3.05) is 13.2 Å². The van der Waals surface area contributed by atoms with Crippen molar-refractivity contribution >= 4 is 29.9 Å². The van der Waals surface area contributed by atoms with Crippen LogP contribution in [0.25, 0.3) is 0 Å². The Balaban J connectivity index is 0.00000484. The minimum absolute atomic E-state index is 0. The fourth-order valence-electron chi connectivity index (χ4n) is 1.66. The number of aliphatic imine (C=N–C) groups is 1. The predicted molar refractivity (Wildman–Crippen MR) is 96.5 cm³/mol. The van der Waals surface area contributed by atoms with Gasteiger partial charge >= 0.3 is 6.18 Å². The summed E-state index contributed by atoms with van der Waals surface area (Å²) in [5.74, 6) is 0.853. The number of ether oxygens (including phenoxy) is 1. The largest absolute Gasteiger partial charge is 0.484 e. The average molecular weight is 445 g/mol. The van der Waals surface area contributed by atoms with Gasteiger partial charge in [0, 0.05) is 12.6 Å². The van der Waals surface area contributed by atoms with Crippen LogP contribution in [-0.2, 0) is 6.54 Å². The van der Waals surface area contributed by atoms with Crippen molar-refractivity contribution < 1.29 is 17.9 Å². The van der Waals surface area contributed by atoms with E-state index in [9.17, 15) is 13.2 Å². The van der Waals surface area contributed by atoms with E-state index in [-0.39, 0.29) is 35.8 Å². The van der Waals surface area contributed by atoms with Crippen molar-refractivity contribution in [3.05, 3.63) is 29.8 Å². The first-order chi connectivity index (χ1) is 10.3. The molecule has 0 aliphatic heterocycles. The second-order valence-corrected chi connectivity index (χ2v) is 5.05. The van der Waals surface area contributed by atoms with Crippen LogP contribution in [0.2, 0.25) is 0 Å². The highest BCUT2D eigenvalue weighted by Crippen LogP contribution is 2.19. The molecule has 0 bridgehead atoms. The van der Waals surface area contributed by atoms with Crippen molar-refractivity contribution in [3.63, 3.8) is 0 Å². The molecule has 23 heavy (non-hydrogen) atoms. The smallest absolute Gasteiger partial charge is 0.422 e. The van der Waals surface area contributed by atoms with E-state index in [0.717, 1.165) is 12.1 Å². The number of guanidine groups is 1. The Kier molecular flexibility index (Phi) is 10.0. The topological polar surface area (TPSA) is 45.7 Å². The van der Waals surface area contributed by atoms with Crippen molar-refractivity contribution in [1.29, 1.82) is 0 Å². The first-order valence-corrected chi connectivity index (χ1v) is 7.13. The van der Waals surface area contributed by atoms with Gasteiger partial charge in [0.15, 0.2) is 12.6 Å². The molecule has 0 unspecified atom stereocenters. The minimum Gasteiger partial charge on any atom is -0.484 e. The Morgan fingerprint density at radius 2 is 2.00 bits per heavy atom. The number of benzene rings is 1. The van der Waals surface area contributed by atoms with Gasteiger partial charge in [-0.05, 0) is 38.5 Å². The predicted octanol–water partition coefficient (Wildman–Crippen LogP) is 3.71. The monoisotopic (exact) mass is 445 g/mol. The number of rotatable bonds is 6. The molecule has 0 atom stereocenters. The zero-order chi connectivity index (χ0) is 16.6. The van der Waals surface area contributed by atoms with E-state index in [2.05, 4.69) is 15.6 Å². The quantitative estimate of drug-likeness (QED) is 0.399. The Morgan fingerprint density at radius 3 is 2.57 bits per heavy atom. The van der Waals surface area contributed by atoms with Crippen LogP contribution in [0.3, 0.4) is 0 Å². The fraction of sp³-hybridized carbons (Fsp3) is 0.533. The van der Waals surface area contributed by atoms with Gasteiger partial charge in [-0.1, -0.05) is 12.1 Å². The van der Waals surface area contributed by atoms with E-state index >= 15 is 0 Å². The van der Waals surface area contributed by atoms with Crippen molar-refractivity contribution in [1.82, 2.24) is 10.6 Å². The minimum atomic E-state index is -4.34. The van der Waals surface area contributed by atoms with Crippen LogP contribution in [0, 0.1) is 0 Å². The third-order valence-electron chi connectivity index (χ3n) is 2.49. The van der Waals surface area contributed by atoms with Crippen LogP contribution in [0.15, 0.2) is 29.3 Å². The van der Waals surface area contributed by atoms with E-state index in [0.29, 0.717) is 12.5 Å². The summed E-state index contributed by atoms with van der Waals surface area (Å²) in [7, 11) is 0. The molecular weight excluding hydrogens is 422 g/mol. The fourth-order valence-corrected chi connectivity index (χ4v) is 1.66. The summed E-state index contributed by atoms with van der Waals surface area (Å²) in [6, 6.07) is 6.74. The number of hydrogen-bond donors (Lipinski definition) is 2. The van der Waals surface area contributed by atoms with E-state index in [1.165, 1.54) is 6.07 Å². The van der Waals surface area contributed by atoms with Crippen molar-refractivity contribution in [3.8, 4) is 5.75 Å². The zero-order valence-corrected chi connectivity index (χ0v) is 15.7. The van der Waals surface area contributed by atoms with E-state index in [4.69, 9.17) is 4.74 Å². The molecule has 0 amide bonds. The van der Waals surface area contributed by atoms with Gasteiger partial charge in [-0.3, -0.25) is 0 Å². The summed E-state index contributed by atoms with van der Waals surface area (Å²) >= 11 is 0. The summed E-state index contributed by atoms with van der Waals surface area (Å²) in [4.78, 5) is 4.39. The van der Waals surface area contributed by atoms with Gasteiger partial charge < -0.3 is 15.4 Å². The van der Waals surface area contributed by atoms with Gasteiger partial charge in [-0.2, -0.15) is 13.2 Å². The highest BCUT2D eigenvalue weighted by molar-refractivity contribution is 14.0. The average Bonchev–Trinajstić information content (AvgIpc) is 2.42. The summed E-state index contributed by atoms with van der Waals surface area (Å²) in [6.45, 7) is 5.75. The molecule has 0 saturated heterocycles. The van der Waals surface area contributed by atoms with Gasteiger partial charge in [-0.15, -0.1) is 24.0 Å². The molecule has 0 fully saturated rings. The van der Waals surface area contributed by atoms with Gasteiger partial charge in [0.1, 0.15) is 5.75 Å². The first kappa shape index (κ1) is 21.8. The third-order valence-corrected chi connectivity index (χ3v) is 2.49. The molecule has 1 rings (SSSR count). The summed E-state index contributed by atoms with van der Waals surface area (Å²) in [5.41, 5.74) is 0.778. The molecule has 132 valence electrons. The van der Waals surface area contributed by atoms with Crippen LogP contribution in [-0.4, -0.2) is 31.3 Å². The Bertz CT molecular complexity index is 493. The van der Waals surface area contributed by atoms with Crippen molar-refractivity contribution in [2.24, 2.45) is 4.99 Å². The number of alkyl halides is 3. The number of hydrogen-bond acceptors (Lipinski definition) is 2. The highest BCUT2D eigenvalue weighted by Gasteiger charge is 2.28. The van der Waals surface area contributed by atoms with Crippen molar-refractivity contribution in [2.45, 2.75) is 39.5 Å². The maximum absolute atomic E-state index is 12.1. The Labute approximate surface area is 151 Å². The van der Waals surface area contributed by atoms with Gasteiger partial charge in [0.25, 0.3) is 0 Å². The molecule has 0 radical (unpaired) electrons. The lowest BCUT2D eigenvalue weighted by atomic mass is 10.2. The number of halogens is 4. The lowest BCUT2D eigenvalue weighted by Gasteiger charge is -2.14. The van der Waals surface area contributed by atoms with Crippen LogP contribution >= 0.6 is 24.0 Å². The molecule has 0 aromatic heterocycles. The molecule has 0 spiro atoms. The van der Waals surface area contributed by atoms with Crippen LogP contribution in [0.4, 0.5) is 13.2 Å². The lowest BCUT2D eigenvalue weighted by molar-refractivity contribution is -0.153. The second kappa shape index (κ2) is 10.6. The number of nitrogens with zero attached hydrogens (tertiary/aromatic N) is 1. The normalized spacial score (nSPS) is 11.9. The maximum atomic E-state index is 12.1. The summed E-state index contributed by atoms with van der Waals surface area (Å²) in [6.07, 6.45) is -4.34. The maximum Gasteiger partial charge on any atom is 0.422 e. The van der Waals surface area contributed by atoms with E-state index in [1.807, 2.05) is 20.8 Å². The third kappa shape index (κ3) is 10.2. The van der Waals surface area contributed by atoms with Gasteiger partial charge in [0.2, 0.25) is 0 Å². The molecule has 8 heteroatoms. The molecule has 0 aliphatic carbocycles. The molecule has 4 nitrogen and oxygen atoms in total. The van der Waals surface area contributed by atoms with E-state index < -0.39 is 12.8 Å². The van der Waals surface area contributed by atoms with Crippen LogP contribution in [0.5, 0.6) is 5.75 Å². The van der Waals surface area contributed by atoms with Gasteiger partial charge in [-0.25, -0.2) is 4.99 Å². The Hall–Kier alpha value is -1.19. The standard InChI is InChI=1S/C15H22F3N3O.HI/c1-4-19-14(21-11(2)3)20-9-12-6-5-7-13(8-12)22-10-15(16,17)18;/h5-8,11H,4,9-10H2,1-3H3,(H2,19,20,21);1H. The first-order valence-electron chi connectivity index (χ1n) is 7.13. The Morgan fingerprint density at radius 1 is 1.30 bits per heavy atom. The van der Waals surface area contributed by atoms with Gasteiger partial charge in [0.05, 0.1) is 6.54 Å². The highest BCUT2D eigenvalue weighted by atomic mass is 127. The molecule has 1 aromatic rings. The molecule has 2 N–H and O–H groups in total. The molecular formula is C15H23F3IN3O. The second-order valence-electron chi connectivity index (χ2n) is 5.05. The van der Waals surface area contributed by atoms with E-state index in [1.54, 1.807) is 18.2 Å². The SMILES string of the molecule is CCNC(=NCc1cccc(OCC(F)(F)F)c1)NC(C)C.I. The number of nitrogens with one attached hydrogen (secondary N) is 2.